The molecule has 0 heterocycles. The van der Waals surface area contributed by atoms with Crippen molar-refractivity contribution in [2.24, 2.45) is 5.92 Å². The molecule has 1 aliphatic carbocycles. The maximum atomic E-state index is 12.5. The third-order valence-corrected chi connectivity index (χ3v) is 6.88. The molecule has 0 N–H and O–H groups in total. The van der Waals surface area contributed by atoms with Gasteiger partial charge in [-0.3, -0.25) is 0 Å². The summed E-state index contributed by atoms with van der Waals surface area (Å²) in [5.74, 6) is 1.92. The number of unbranched alkanes of at least 4 members (excludes halogenated alkanes) is 4. The van der Waals surface area contributed by atoms with E-state index in [9.17, 15) is 4.79 Å². The summed E-state index contributed by atoms with van der Waals surface area (Å²) in [6, 6.07) is 16.1. The first-order valence-corrected chi connectivity index (χ1v) is 12.6. The molecule has 2 heteroatoms. The summed E-state index contributed by atoms with van der Waals surface area (Å²) in [6.45, 7) is 4.50. The van der Waals surface area contributed by atoms with Crippen LogP contribution in [0.1, 0.15) is 112 Å². The van der Waals surface area contributed by atoms with Crippen LogP contribution in [0.3, 0.4) is 0 Å². The van der Waals surface area contributed by atoms with Crippen LogP contribution in [0.5, 0.6) is 5.75 Å². The zero-order valence-corrected chi connectivity index (χ0v) is 19.6. The molecule has 0 unspecified atom stereocenters. The molecule has 31 heavy (non-hydrogen) atoms. The number of hydrogen-bond donors (Lipinski definition) is 0. The van der Waals surface area contributed by atoms with Gasteiger partial charge in [-0.1, -0.05) is 76.6 Å². The van der Waals surface area contributed by atoms with Crippen molar-refractivity contribution >= 4 is 5.97 Å². The summed E-state index contributed by atoms with van der Waals surface area (Å²) in [5.41, 5.74) is 3.31. The second kappa shape index (κ2) is 12.7. The molecule has 2 aromatic carbocycles. The van der Waals surface area contributed by atoms with E-state index in [1.54, 1.807) is 0 Å². The van der Waals surface area contributed by atoms with Crippen molar-refractivity contribution in [2.45, 2.75) is 96.8 Å². The highest BCUT2D eigenvalue weighted by atomic mass is 16.5. The fourth-order valence-electron chi connectivity index (χ4n) is 4.83. The van der Waals surface area contributed by atoms with E-state index >= 15 is 0 Å². The number of rotatable bonds is 11. The summed E-state index contributed by atoms with van der Waals surface area (Å²) in [7, 11) is 0. The number of carbonyl (C=O) groups excluding carboxylic acids is 1. The van der Waals surface area contributed by atoms with Gasteiger partial charge in [-0.15, -0.1) is 0 Å². The van der Waals surface area contributed by atoms with Crippen LogP contribution in [0.25, 0.3) is 0 Å². The van der Waals surface area contributed by atoms with Crippen molar-refractivity contribution < 1.29 is 9.53 Å². The molecule has 0 amide bonds. The van der Waals surface area contributed by atoms with Gasteiger partial charge in [0.05, 0.1) is 5.56 Å². The molecule has 0 atom stereocenters. The van der Waals surface area contributed by atoms with E-state index in [0.29, 0.717) is 17.2 Å². The Kier molecular flexibility index (Phi) is 9.65. The van der Waals surface area contributed by atoms with Crippen LogP contribution in [0, 0.1) is 5.92 Å². The van der Waals surface area contributed by atoms with Crippen LogP contribution < -0.4 is 4.74 Å². The van der Waals surface area contributed by atoms with Gasteiger partial charge in [-0.2, -0.15) is 0 Å². The van der Waals surface area contributed by atoms with Crippen LogP contribution in [0.2, 0.25) is 0 Å². The molecule has 0 aromatic heterocycles. The van der Waals surface area contributed by atoms with Gasteiger partial charge in [0.1, 0.15) is 5.75 Å². The zero-order chi connectivity index (χ0) is 21.9. The first kappa shape index (κ1) is 23.6. The Morgan fingerprint density at radius 1 is 0.806 bits per heavy atom. The molecular weight excluding hydrogens is 380 g/mol. The normalized spacial score (nSPS) is 18.6. The number of carbonyl (C=O) groups is 1. The van der Waals surface area contributed by atoms with Gasteiger partial charge >= 0.3 is 5.97 Å². The van der Waals surface area contributed by atoms with E-state index in [2.05, 4.69) is 38.1 Å². The molecule has 0 radical (unpaired) electrons. The molecule has 2 aromatic rings. The van der Waals surface area contributed by atoms with Gasteiger partial charge in [0.2, 0.25) is 0 Å². The molecule has 1 fully saturated rings. The topological polar surface area (TPSA) is 26.3 Å². The molecule has 3 rings (SSSR count). The Balaban J connectivity index is 1.47. The van der Waals surface area contributed by atoms with Gasteiger partial charge in [0, 0.05) is 0 Å². The lowest BCUT2D eigenvalue weighted by atomic mass is 9.77. The highest BCUT2D eigenvalue weighted by Crippen LogP contribution is 2.37. The van der Waals surface area contributed by atoms with E-state index in [1.165, 1.54) is 81.8 Å². The molecule has 0 aliphatic heterocycles. The van der Waals surface area contributed by atoms with Crippen molar-refractivity contribution in [1.82, 2.24) is 0 Å². The Morgan fingerprint density at radius 2 is 1.45 bits per heavy atom. The van der Waals surface area contributed by atoms with E-state index < -0.39 is 0 Å². The molecule has 0 spiro atoms. The maximum Gasteiger partial charge on any atom is 0.343 e. The SMILES string of the molecule is CCCCCc1ccc(OC(=O)c2ccc([C@H]3CC[C@H](CCCCC)CC3)cc2)cc1. The number of aryl methyl sites for hydroxylation is 1. The Hall–Kier alpha value is -2.09. The Morgan fingerprint density at radius 3 is 2.10 bits per heavy atom. The standard InChI is InChI=1S/C29H40O2/c1-3-5-7-9-23-11-15-25(16-12-23)26-17-19-27(20-18-26)29(30)31-28-21-13-24(14-22-28)10-8-6-4-2/h13-14,17-23,25H,3-12,15-16H2,1-2H3/t23-,25-. The van der Waals surface area contributed by atoms with E-state index in [0.717, 1.165) is 12.3 Å². The largest absolute Gasteiger partial charge is 0.423 e. The lowest BCUT2D eigenvalue weighted by Gasteiger charge is -2.29. The van der Waals surface area contributed by atoms with E-state index in [1.807, 2.05) is 24.3 Å². The first-order chi connectivity index (χ1) is 15.2. The van der Waals surface area contributed by atoms with Gasteiger partial charge in [-0.25, -0.2) is 4.79 Å². The third kappa shape index (κ3) is 7.52. The molecule has 0 bridgehead atoms. The van der Waals surface area contributed by atoms with Crippen LogP contribution in [0.4, 0.5) is 0 Å². The average molecular weight is 421 g/mol. The van der Waals surface area contributed by atoms with Crippen molar-refractivity contribution in [3.8, 4) is 5.75 Å². The summed E-state index contributed by atoms with van der Waals surface area (Å²) in [5, 5.41) is 0. The predicted molar refractivity (Wildman–Crippen MR) is 130 cm³/mol. The Labute approximate surface area is 189 Å². The van der Waals surface area contributed by atoms with Crippen LogP contribution in [0.15, 0.2) is 48.5 Å². The van der Waals surface area contributed by atoms with Gasteiger partial charge in [0.15, 0.2) is 0 Å². The van der Waals surface area contributed by atoms with Crippen molar-refractivity contribution in [1.29, 1.82) is 0 Å². The highest BCUT2D eigenvalue weighted by molar-refractivity contribution is 5.91. The maximum absolute atomic E-state index is 12.5. The third-order valence-electron chi connectivity index (χ3n) is 6.88. The van der Waals surface area contributed by atoms with Crippen molar-refractivity contribution in [2.75, 3.05) is 0 Å². The second-order valence-electron chi connectivity index (χ2n) is 9.33. The minimum atomic E-state index is -0.273. The quantitative estimate of drug-likeness (QED) is 0.207. The summed E-state index contributed by atoms with van der Waals surface area (Å²) in [6.07, 6.45) is 15.6. The molecule has 2 nitrogen and oxygen atoms in total. The predicted octanol–water partition coefficient (Wildman–Crippen LogP) is 8.49. The summed E-state index contributed by atoms with van der Waals surface area (Å²) >= 11 is 0. The molecular formula is C29H40O2. The fourth-order valence-corrected chi connectivity index (χ4v) is 4.83. The highest BCUT2D eigenvalue weighted by Gasteiger charge is 2.22. The second-order valence-corrected chi connectivity index (χ2v) is 9.33. The lowest BCUT2D eigenvalue weighted by molar-refractivity contribution is 0.0734. The summed E-state index contributed by atoms with van der Waals surface area (Å²) < 4.78 is 5.59. The fraction of sp³-hybridized carbons (Fsp3) is 0.552. The van der Waals surface area contributed by atoms with Crippen molar-refractivity contribution in [3.05, 3.63) is 65.2 Å². The number of benzene rings is 2. The van der Waals surface area contributed by atoms with Crippen LogP contribution >= 0.6 is 0 Å². The van der Waals surface area contributed by atoms with E-state index in [4.69, 9.17) is 4.74 Å². The van der Waals surface area contributed by atoms with Gasteiger partial charge in [-0.05, 0) is 85.8 Å². The van der Waals surface area contributed by atoms with Crippen LogP contribution in [-0.2, 0) is 6.42 Å². The van der Waals surface area contributed by atoms with Gasteiger partial charge in [0.25, 0.3) is 0 Å². The number of ether oxygens (including phenoxy) is 1. The minimum Gasteiger partial charge on any atom is -0.423 e. The smallest absolute Gasteiger partial charge is 0.343 e. The molecule has 1 saturated carbocycles. The lowest BCUT2D eigenvalue weighted by Crippen LogP contribution is -2.14. The Bertz CT molecular complexity index is 767. The molecule has 0 saturated heterocycles. The van der Waals surface area contributed by atoms with Crippen molar-refractivity contribution in [3.63, 3.8) is 0 Å². The average Bonchev–Trinajstić information content (AvgIpc) is 2.81. The monoisotopic (exact) mass is 420 g/mol. The molecule has 1 aliphatic rings. The number of hydrogen-bond acceptors (Lipinski definition) is 2. The minimum absolute atomic E-state index is 0.273. The van der Waals surface area contributed by atoms with E-state index in [-0.39, 0.29) is 5.97 Å². The van der Waals surface area contributed by atoms with Crippen LogP contribution in [-0.4, -0.2) is 5.97 Å². The van der Waals surface area contributed by atoms with Gasteiger partial charge < -0.3 is 4.74 Å². The zero-order valence-electron chi connectivity index (χ0n) is 19.6. The molecule has 168 valence electrons. The first-order valence-electron chi connectivity index (χ1n) is 12.6. The summed E-state index contributed by atoms with van der Waals surface area (Å²) in [4.78, 5) is 12.5. The number of esters is 1.